The number of amides is 2. The van der Waals surface area contributed by atoms with Crippen molar-refractivity contribution in [2.24, 2.45) is 0 Å². The molecule has 0 fully saturated rings. The van der Waals surface area contributed by atoms with Crippen molar-refractivity contribution < 1.29 is 22.4 Å². The second-order valence-corrected chi connectivity index (χ2v) is 10.6. The summed E-state index contributed by atoms with van der Waals surface area (Å²) in [5.41, 5.74) is 1.71. The maximum Gasteiger partial charge on any atom is 0.242 e. The van der Waals surface area contributed by atoms with Crippen LogP contribution in [0, 0.1) is 5.82 Å². The first-order valence-electron chi connectivity index (χ1n) is 12.0. The number of benzene rings is 3. The van der Waals surface area contributed by atoms with E-state index in [9.17, 15) is 22.4 Å². The molecule has 2 amide bonds. The van der Waals surface area contributed by atoms with E-state index in [4.69, 9.17) is 0 Å². The summed E-state index contributed by atoms with van der Waals surface area (Å²) in [5.74, 6) is -1.25. The van der Waals surface area contributed by atoms with Crippen molar-refractivity contribution in [3.8, 4) is 0 Å². The van der Waals surface area contributed by atoms with E-state index in [0.717, 1.165) is 21.7 Å². The number of sulfonamides is 1. The maximum absolute atomic E-state index is 14.3. The molecule has 0 saturated heterocycles. The number of rotatable bonds is 12. The van der Waals surface area contributed by atoms with Crippen LogP contribution in [0.5, 0.6) is 0 Å². The molecule has 0 unspecified atom stereocenters. The maximum atomic E-state index is 14.3. The molecule has 196 valence electrons. The van der Waals surface area contributed by atoms with E-state index in [0.29, 0.717) is 6.42 Å². The lowest BCUT2D eigenvalue weighted by molar-refractivity contribution is -0.141. The SMILES string of the molecule is CNC(=O)[C@@H](Cc1ccccc1)N(Cc1ccccc1)C(=O)CCCN(c1ccccc1F)S(C)(=O)=O. The second kappa shape index (κ2) is 13.0. The fraction of sp³-hybridized carbons (Fsp3) is 0.286. The fourth-order valence-corrected chi connectivity index (χ4v) is 5.10. The minimum atomic E-state index is -3.78. The summed E-state index contributed by atoms with van der Waals surface area (Å²) in [4.78, 5) is 28.0. The summed E-state index contributed by atoms with van der Waals surface area (Å²) < 4.78 is 40.1. The number of carbonyl (C=O) groups excluding carboxylic acids is 2. The Bertz CT molecular complexity index is 1290. The number of hydrogen-bond donors (Lipinski definition) is 1. The van der Waals surface area contributed by atoms with Gasteiger partial charge in [0.15, 0.2) is 0 Å². The topological polar surface area (TPSA) is 86.8 Å². The van der Waals surface area contributed by atoms with Crippen molar-refractivity contribution in [1.29, 1.82) is 0 Å². The Balaban J connectivity index is 1.83. The van der Waals surface area contributed by atoms with Crippen LogP contribution in [0.4, 0.5) is 10.1 Å². The van der Waals surface area contributed by atoms with Crippen LogP contribution in [-0.2, 0) is 32.6 Å². The molecule has 1 N–H and O–H groups in total. The zero-order valence-electron chi connectivity index (χ0n) is 21.0. The van der Waals surface area contributed by atoms with Crippen LogP contribution in [0.3, 0.4) is 0 Å². The molecule has 0 saturated carbocycles. The zero-order valence-corrected chi connectivity index (χ0v) is 21.8. The van der Waals surface area contributed by atoms with E-state index in [1.54, 1.807) is 6.07 Å². The highest BCUT2D eigenvalue weighted by molar-refractivity contribution is 7.92. The van der Waals surface area contributed by atoms with E-state index < -0.39 is 21.9 Å². The third-order valence-electron chi connectivity index (χ3n) is 5.99. The first-order valence-corrected chi connectivity index (χ1v) is 13.9. The van der Waals surface area contributed by atoms with E-state index in [1.165, 1.54) is 30.1 Å². The van der Waals surface area contributed by atoms with Crippen molar-refractivity contribution in [2.75, 3.05) is 24.2 Å². The van der Waals surface area contributed by atoms with Crippen molar-refractivity contribution in [3.05, 3.63) is 102 Å². The van der Waals surface area contributed by atoms with Crippen LogP contribution in [0.2, 0.25) is 0 Å². The Kier molecular flexibility index (Phi) is 9.79. The Hall–Kier alpha value is -3.72. The van der Waals surface area contributed by atoms with Gasteiger partial charge in [-0.25, -0.2) is 12.8 Å². The van der Waals surface area contributed by atoms with Gasteiger partial charge in [0.05, 0.1) is 11.9 Å². The van der Waals surface area contributed by atoms with E-state index in [1.807, 2.05) is 60.7 Å². The van der Waals surface area contributed by atoms with Gasteiger partial charge < -0.3 is 10.2 Å². The van der Waals surface area contributed by atoms with Gasteiger partial charge in [-0.15, -0.1) is 0 Å². The van der Waals surface area contributed by atoms with Crippen LogP contribution in [-0.4, -0.2) is 51.0 Å². The summed E-state index contributed by atoms with van der Waals surface area (Å²) in [5, 5.41) is 2.67. The Morgan fingerprint density at radius 3 is 2.03 bits per heavy atom. The van der Waals surface area contributed by atoms with Crippen LogP contribution < -0.4 is 9.62 Å². The number of hydrogen-bond acceptors (Lipinski definition) is 4. The van der Waals surface area contributed by atoms with E-state index in [2.05, 4.69) is 5.32 Å². The number of likely N-dealkylation sites (N-methyl/N-ethyl adjacent to an activating group) is 1. The molecule has 0 aliphatic rings. The number of para-hydroxylation sites is 1. The molecule has 0 aliphatic heterocycles. The van der Waals surface area contributed by atoms with Gasteiger partial charge in [-0.1, -0.05) is 72.8 Å². The number of halogens is 1. The van der Waals surface area contributed by atoms with Crippen LogP contribution >= 0.6 is 0 Å². The highest BCUT2D eigenvalue weighted by Gasteiger charge is 2.30. The standard InChI is InChI=1S/C28H32FN3O4S/c1-30-28(34)26(20-22-12-5-3-6-13-22)31(21-23-14-7-4-8-15-23)27(33)18-11-19-32(37(2,35)36)25-17-10-9-16-24(25)29/h3-10,12-17,26H,11,18-21H2,1-2H3,(H,30,34)/t26-/m1/s1. The molecule has 0 aromatic heterocycles. The van der Waals surface area contributed by atoms with E-state index in [-0.39, 0.29) is 43.4 Å². The van der Waals surface area contributed by atoms with Gasteiger partial charge in [-0.2, -0.15) is 0 Å². The summed E-state index contributed by atoms with van der Waals surface area (Å²) in [6, 6.07) is 23.7. The number of nitrogens with one attached hydrogen (secondary N) is 1. The summed E-state index contributed by atoms with van der Waals surface area (Å²) in [6.45, 7) is 0.141. The molecule has 7 nitrogen and oxygen atoms in total. The monoisotopic (exact) mass is 525 g/mol. The third-order valence-corrected chi connectivity index (χ3v) is 7.17. The van der Waals surface area contributed by atoms with Crippen molar-refractivity contribution in [2.45, 2.75) is 31.8 Å². The molecule has 0 heterocycles. The molecule has 0 aliphatic carbocycles. The molecular weight excluding hydrogens is 493 g/mol. The number of carbonyl (C=O) groups is 2. The fourth-order valence-electron chi connectivity index (χ4n) is 4.14. The van der Waals surface area contributed by atoms with Gasteiger partial charge >= 0.3 is 0 Å². The van der Waals surface area contributed by atoms with Gasteiger partial charge in [0.1, 0.15) is 11.9 Å². The van der Waals surface area contributed by atoms with Crippen molar-refractivity contribution >= 4 is 27.5 Å². The van der Waals surface area contributed by atoms with E-state index >= 15 is 0 Å². The second-order valence-electron chi connectivity index (χ2n) is 8.72. The molecule has 3 rings (SSSR count). The quantitative estimate of drug-likeness (QED) is 0.390. The average molecular weight is 526 g/mol. The van der Waals surface area contributed by atoms with Gasteiger partial charge in [0.25, 0.3) is 0 Å². The summed E-state index contributed by atoms with van der Waals surface area (Å²) in [6.07, 6.45) is 1.46. The van der Waals surface area contributed by atoms with Gasteiger partial charge in [-0.3, -0.25) is 13.9 Å². The lowest BCUT2D eigenvalue weighted by atomic mass is 10.0. The highest BCUT2D eigenvalue weighted by Crippen LogP contribution is 2.22. The summed E-state index contributed by atoms with van der Waals surface area (Å²) >= 11 is 0. The zero-order chi connectivity index (χ0) is 26.8. The van der Waals surface area contributed by atoms with Gasteiger partial charge in [0, 0.05) is 33.0 Å². The molecule has 0 spiro atoms. The summed E-state index contributed by atoms with van der Waals surface area (Å²) in [7, 11) is -2.25. The van der Waals surface area contributed by atoms with Crippen molar-refractivity contribution in [3.63, 3.8) is 0 Å². The molecule has 37 heavy (non-hydrogen) atoms. The first-order chi connectivity index (χ1) is 17.7. The number of anilines is 1. The molecule has 3 aromatic carbocycles. The van der Waals surface area contributed by atoms with Gasteiger partial charge in [0.2, 0.25) is 21.8 Å². The predicted molar refractivity (Wildman–Crippen MR) is 143 cm³/mol. The molecule has 3 aromatic rings. The molecule has 0 bridgehead atoms. The molecule has 9 heteroatoms. The molecule has 0 radical (unpaired) electrons. The van der Waals surface area contributed by atoms with Crippen LogP contribution in [0.25, 0.3) is 0 Å². The lowest BCUT2D eigenvalue weighted by Gasteiger charge is -2.31. The normalized spacial score (nSPS) is 12.0. The number of nitrogens with zero attached hydrogens (tertiary/aromatic N) is 2. The van der Waals surface area contributed by atoms with Crippen LogP contribution in [0.15, 0.2) is 84.9 Å². The van der Waals surface area contributed by atoms with Crippen molar-refractivity contribution in [1.82, 2.24) is 10.2 Å². The molecule has 1 atom stereocenters. The lowest BCUT2D eigenvalue weighted by Crippen LogP contribution is -2.49. The highest BCUT2D eigenvalue weighted by atomic mass is 32.2. The Labute approximate surface area is 218 Å². The Morgan fingerprint density at radius 2 is 1.46 bits per heavy atom. The minimum Gasteiger partial charge on any atom is -0.357 e. The third kappa shape index (κ3) is 7.88. The van der Waals surface area contributed by atoms with Crippen LogP contribution in [0.1, 0.15) is 24.0 Å². The van der Waals surface area contributed by atoms with Gasteiger partial charge in [-0.05, 0) is 29.7 Å². The first kappa shape index (κ1) is 27.9. The largest absolute Gasteiger partial charge is 0.357 e. The minimum absolute atomic E-state index is 0.0183. The predicted octanol–water partition coefficient (Wildman–Crippen LogP) is 3.76. The Morgan fingerprint density at radius 1 is 0.892 bits per heavy atom. The average Bonchev–Trinajstić information content (AvgIpc) is 2.89. The smallest absolute Gasteiger partial charge is 0.242 e. The molecular formula is C28H32FN3O4S.